The number of anilines is 2. The van der Waals surface area contributed by atoms with Crippen molar-refractivity contribution in [3.63, 3.8) is 0 Å². The van der Waals surface area contributed by atoms with Crippen LogP contribution < -0.4 is 10.2 Å². The number of nitro groups is 1. The van der Waals surface area contributed by atoms with Crippen LogP contribution in [0.4, 0.5) is 21.5 Å². The summed E-state index contributed by atoms with van der Waals surface area (Å²) in [6.45, 7) is 4.55. The number of non-ortho nitro benzene ring substituents is 1. The third-order valence-electron chi connectivity index (χ3n) is 5.66. The predicted octanol–water partition coefficient (Wildman–Crippen LogP) is 3.43. The molecule has 2 aromatic carbocycles. The number of pyridine rings is 1. The van der Waals surface area contributed by atoms with Gasteiger partial charge in [0.25, 0.3) is 5.69 Å². The summed E-state index contributed by atoms with van der Waals surface area (Å²) >= 11 is 0. The molecule has 0 aliphatic carbocycles. The van der Waals surface area contributed by atoms with Crippen molar-refractivity contribution in [1.29, 1.82) is 0 Å². The number of nitro benzene ring substituents is 1. The molecule has 160 valence electrons. The molecule has 1 fully saturated rings. The minimum atomic E-state index is -0.396. The van der Waals surface area contributed by atoms with Crippen LogP contribution in [0.15, 0.2) is 54.9 Å². The zero-order chi connectivity index (χ0) is 22.0. The normalized spacial score (nSPS) is 15.6. The zero-order valence-electron chi connectivity index (χ0n) is 17.0. The lowest BCUT2D eigenvalue weighted by Crippen LogP contribution is -2.52. The first-order valence-corrected chi connectivity index (χ1v) is 10.0. The van der Waals surface area contributed by atoms with Gasteiger partial charge in [0, 0.05) is 61.4 Å². The van der Waals surface area contributed by atoms with Crippen LogP contribution in [0.1, 0.15) is 6.92 Å². The van der Waals surface area contributed by atoms with E-state index in [1.165, 1.54) is 36.5 Å². The second kappa shape index (κ2) is 8.65. The van der Waals surface area contributed by atoms with Crippen LogP contribution in [-0.4, -0.2) is 52.9 Å². The van der Waals surface area contributed by atoms with Crippen molar-refractivity contribution in [1.82, 2.24) is 9.88 Å². The van der Waals surface area contributed by atoms with Crippen molar-refractivity contribution in [3.8, 4) is 0 Å². The molecule has 1 atom stereocenters. The van der Waals surface area contributed by atoms with Gasteiger partial charge in [0.2, 0.25) is 5.91 Å². The van der Waals surface area contributed by atoms with Gasteiger partial charge in [0.1, 0.15) is 5.82 Å². The van der Waals surface area contributed by atoms with E-state index in [4.69, 9.17) is 0 Å². The Morgan fingerprint density at radius 2 is 1.81 bits per heavy atom. The summed E-state index contributed by atoms with van der Waals surface area (Å²) in [4.78, 5) is 31.8. The average Bonchev–Trinajstić information content (AvgIpc) is 2.79. The Morgan fingerprint density at radius 3 is 2.48 bits per heavy atom. The Labute approximate surface area is 178 Å². The Morgan fingerprint density at radius 1 is 1.10 bits per heavy atom. The van der Waals surface area contributed by atoms with Crippen LogP contribution >= 0.6 is 0 Å². The molecule has 31 heavy (non-hydrogen) atoms. The van der Waals surface area contributed by atoms with Crippen LogP contribution in [0.3, 0.4) is 0 Å². The van der Waals surface area contributed by atoms with E-state index in [-0.39, 0.29) is 23.5 Å². The molecule has 0 spiro atoms. The lowest BCUT2D eigenvalue weighted by molar-refractivity contribution is -0.383. The van der Waals surface area contributed by atoms with Gasteiger partial charge in [-0.05, 0) is 43.3 Å². The van der Waals surface area contributed by atoms with E-state index in [1.807, 2.05) is 6.92 Å². The molecule has 3 aromatic rings. The summed E-state index contributed by atoms with van der Waals surface area (Å²) in [6, 6.07) is 10.4. The van der Waals surface area contributed by atoms with Crippen molar-refractivity contribution in [2.24, 2.45) is 0 Å². The number of rotatable bonds is 5. The maximum atomic E-state index is 13.0. The highest BCUT2D eigenvalue weighted by molar-refractivity contribution is 5.99. The minimum absolute atomic E-state index is 0.0385. The molecular weight excluding hydrogens is 401 g/mol. The predicted molar refractivity (Wildman–Crippen MR) is 117 cm³/mol. The van der Waals surface area contributed by atoms with Crippen LogP contribution in [0.5, 0.6) is 0 Å². The lowest BCUT2D eigenvalue weighted by atomic mass is 10.1. The SMILES string of the molecule is C[C@H](C(=O)Nc1ccc(F)cc1)N1CCN(c2ccc([N+](=O)[O-])c3cnccc23)CC1. The molecule has 0 saturated carbocycles. The highest BCUT2D eigenvalue weighted by atomic mass is 19.1. The largest absolute Gasteiger partial charge is 0.368 e. The van der Waals surface area contributed by atoms with E-state index >= 15 is 0 Å². The molecule has 1 aliphatic heterocycles. The summed E-state index contributed by atoms with van der Waals surface area (Å²) in [7, 11) is 0. The molecule has 1 aromatic heterocycles. The third kappa shape index (κ3) is 4.31. The van der Waals surface area contributed by atoms with Gasteiger partial charge in [-0.25, -0.2) is 4.39 Å². The fourth-order valence-electron chi connectivity index (χ4n) is 3.89. The summed E-state index contributed by atoms with van der Waals surface area (Å²) in [5.41, 5.74) is 1.52. The van der Waals surface area contributed by atoms with Gasteiger partial charge in [0.05, 0.1) is 16.4 Å². The second-order valence-electron chi connectivity index (χ2n) is 7.48. The summed E-state index contributed by atoms with van der Waals surface area (Å²) < 4.78 is 13.0. The van der Waals surface area contributed by atoms with E-state index in [0.717, 1.165) is 11.1 Å². The number of carbonyl (C=O) groups excluding carboxylic acids is 1. The number of nitrogens with zero attached hydrogens (tertiary/aromatic N) is 4. The molecule has 1 aliphatic rings. The molecule has 0 unspecified atom stereocenters. The van der Waals surface area contributed by atoms with Crippen LogP contribution in [0.2, 0.25) is 0 Å². The molecule has 9 heteroatoms. The number of hydrogen-bond donors (Lipinski definition) is 1. The van der Waals surface area contributed by atoms with E-state index in [9.17, 15) is 19.3 Å². The molecule has 4 rings (SSSR count). The fourth-order valence-corrected chi connectivity index (χ4v) is 3.89. The molecule has 8 nitrogen and oxygen atoms in total. The number of carbonyl (C=O) groups is 1. The average molecular weight is 423 g/mol. The number of fused-ring (bicyclic) bond motifs is 1. The first-order chi connectivity index (χ1) is 14.9. The van der Waals surface area contributed by atoms with Crippen molar-refractivity contribution < 1.29 is 14.1 Å². The Bertz CT molecular complexity index is 1110. The fraction of sp³-hybridized carbons (Fsp3) is 0.273. The number of benzene rings is 2. The Kier molecular flexibility index (Phi) is 5.77. The highest BCUT2D eigenvalue weighted by Gasteiger charge is 2.27. The van der Waals surface area contributed by atoms with Gasteiger partial charge in [-0.3, -0.25) is 24.8 Å². The van der Waals surface area contributed by atoms with Crippen molar-refractivity contribution in [2.75, 3.05) is 36.4 Å². The minimum Gasteiger partial charge on any atom is -0.368 e. The van der Waals surface area contributed by atoms with Gasteiger partial charge in [-0.1, -0.05) is 0 Å². The van der Waals surface area contributed by atoms with Crippen LogP contribution in [-0.2, 0) is 4.79 Å². The molecule has 0 bridgehead atoms. The van der Waals surface area contributed by atoms with E-state index < -0.39 is 4.92 Å². The third-order valence-corrected chi connectivity index (χ3v) is 5.66. The topological polar surface area (TPSA) is 91.6 Å². The van der Waals surface area contributed by atoms with Gasteiger partial charge >= 0.3 is 0 Å². The number of hydrogen-bond acceptors (Lipinski definition) is 6. The monoisotopic (exact) mass is 423 g/mol. The first kappa shape index (κ1) is 20.7. The molecular formula is C22H22FN5O3. The maximum absolute atomic E-state index is 13.0. The van der Waals surface area contributed by atoms with Crippen molar-refractivity contribution >= 4 is 33.7 Å². The van der Waals surface area contributed by atoms with Gasteiger partial charge in [0.15, 0.2) is 0 Å². The molecule has 1 saturated heterocycles. The van der Waals surface area contributed by atoms with Crippen molar-refractivity contribution in [3.05, 3.63) is 70.8 Å². The van der Waals surface area contributed by atoms with Gasteiger partial charge in [-0.15, -0.1) is 0 Å². The quantitative estimate of drug-likeness (QED) is 0.499. The molecule has 1 N–H and O–H groups in total. The Balaban J connectivity index is 1.44. The number of piperazine rings is 1. The van der Waals surface area contributed by atoms with E-state index in [0.29, 0.717) is 37.3 Å². The summed E-state index contributed by atoms with van der Waals surface area (Å²) in [5.74, 6) is -0.497. The molecule has 2 heterocycles. The summed E-state index contributed by atoms with van der Waals surface area (Å²) in [6.07, 6.45) is 3.16. The number of nitrogens with one attached hydrogen (secondary N) is 1. The highest BCUT2D eigenvalue weighted by Crippen LogP contribution is 2.33. The van der Waals surface area contributed by atoms with Crippen molar-refractivity contribution in [2.45, 2.75) is 13.0 Å². The number of amides is 1. The summed E-state index contributed by atoms with van der Waals surface area (Å²) in [5, 5.41) is 15.5. The van der Waals surface area contributed by atoms with Gasteiger partial charge < -0.3 is 10.2 Å². The lowest BCUT2D eigenvalue weighted by Gasteiger charge is -2.38. The van der Waals surface area contributed by atoms with Crippen LogP contribution in [0.25, 0.3) is 10.8 Å². The standard InChI is InChI=1S/C22H22FN5O3/c1-15(22(29)25-17-4-2-16(23)3-5-17)26-10-12-27(13-11-26)20-6-7-21(28(30)31)19-14-24-9-8-18(19)20/h2-9,14-15H,10-13H2,1H3,(H,25,29)/t15-/m1/s1. The Hall–Kier alpha value is -3.59. The number of halogens is 1. The second-order valence-corrected chi connectivity index (χ2v) is 7.48. The molecule has 1 amide bonds. The van der Waals surface area contributed by atoms with E-state index in [1.54, 1.807) is 18.3 Å². The van der Waals surface area contributed by atoms with Gasteiger partial charge in [-0.2, -0.15) is 0 Å². The maximum Gasteiger partial charge on any atom is 0.278 e. The smallest absolute Gasteiger partial charge is 0.278 e. The first-order valence-electron chi connectivity index (χ1n) is 10.0. The number of aromatic nitrogens is 1. The zero-order valence-corrected chi connectivity index (χ0v) is 17.0. The van der Waals surface area contributed by atoms with Crippen LogP contribution in [0, 0.1) is 15.9 Å². The van der Waals surface area contributed by atoms with E-state index in [2.05, 4.69) is 20.1 Å². The molecule has 0 radical (unpaired) electrons.